The first kappa shape index (κ1) is 11.9. The van der Waals surface area contributed by atoms with Crippen molar-refractivity contribution in [2.75, 3.05) is 13.7 Å². The van der Waals surface area contributed by atoms with E-state index in [1.54, 1.807) is 12.1 Å². The Kier molecular flexibility index (Phi) is 3.64. The molecule has 1 atom stereocenters. The molecule has 0 aromatic heterocycles. The van der Waals surface area contributed by atoms with Gasteiger partial charge in [0.05, 0.1) is 25.3 Å². The summed E-state index contributed by atoms with van der Waals surface area (Å²) in [6.07, 6.45) is 3.81. The van der Waals surface area contributed by atoms with Gasteiger partial charge in [-0.05, 0) is 31.1 Å². The minimum Gasteiger partial charge on any atom is -0.496 e. The number of allylic oxidation sites excluding steroid dienone is 1. The van der Waals surface area contributed by atoms with Crippen LogP contribution in [-0.2, 0) is 4.74 Å². The Morgan fingerprint density at radius 1 is 1.47 bits per heavy atom. The molecule has 1 aliphatic heterocycles. The van der Waals surface area contributed by atoms with Crippen molar-refractivity contribution in [3.8, 4) is 5.75 Å². The van der Waals surface area contributed by atoms with Crippen LogP contribution in [0.5, 0.6) is 5.75 Å². The zero-order valence-corrected chi connectivity index (χ0v) is 9.78. The van der Waals surface area contributed by atoms with Gasteiger partial charge in [-0.25, -0.2) is 4.39 Å². The number of methoxy groups -OCH3 is 1. The average Bonchev–Trinajstić information content (AvgIpc) is 2.38. The SMILES string of the molecule is COc1cccc(F)c1C(N)C1=CCCCO1. The highest BCUT2D eigenvalue weighted by Gasteiger charge is 2.22. The van der Waals surface area contributed by atoms with Crippen LogP contribution in [0.2, 0.25) is 0 Å². The average molecular weight is 237 g/mol. The molecule has 2 rings (SSSR count). The molecular weight excluding hydrogens is 221 g/mol. The van der Waals surface area contributed by atoms with Crippen LogP contribution in [-0.4, -0.2) is 13.7 Å². The van der Waals surface area contributed by atoms with Crippen molar-refractivity contribution in [2.45, 2.75) is 18.9 Å². The van der Waals surface area contributed by atoms with Gasteiger partial charge in [0.1, 0.15) is 17.3 Å². The summed E-state index contributed by atoms with van der Waals surface area (Å²) in [5, 5.41) is 0. The van der Waals surface area contributed by atoms with Gasteiger partial charge in [0, 0.05) is 0 Å². The Balaban J connectivity index is 2.35. The number of hydrogen-bond donors (Lipinski definition) is 1. The maximum absolute atomic E-state index is 13.8. The van der Waals surface area contributed by atoms with Crippen LogP contribution in [0.15, 0.2) is 30.0 Å². The number of hydrogen-bond acceptors (Lipinski definition) is 3. The molecule has 2 N–H and O–H groups in total. The van der Waals surface area contributed by atoms with Crippen molar-refractivity contribution in [1.29, 1.82) is 0 Å². The fraction of sp³-hybridized carbons (Fsp3) is 0.385. The van der Waals surface area contributed by atoms with Gasteiger partial charge in [0.25, 0.3) is 0 Å². The van der Waals surface area contributed by atoms with E-state index in [1.165, 1.54) is 13.2 Å². The van der Waals surface area contributed by atoms with E-state index in [1.807, 2.05) is 6.08 Å². The fourth-order valence-electron chi connectivity index (χ4n) is 1.93. The smallest absolute Gasteiger partial charge is 0.132 e. The normalized spacial score (nSPS) is 17.0. The van der Waals surface area contributed by atoms with Gasteiger partial charge in [-0.3, -0.25) is 0 Å². The van der Waals surface area contributed by atoms with E-state index < -0.39 is 6.04 Å². The molecule has 0 fully saturated rings. The quantitative estimate of drug-likeness (QED) is 0.878. The molecule has 1 aliphatic rings. The predicted molar refractivity (Wildman–Crippen MR) is 63.1 cm³/mol. The summed E-state index contributed by atoms with van der Waals surface area (Å²) in [5.74, 6) is 0.708. The third-order valence-electron chi connectivity index (χ3n) is 2.81. The molecule has 1 unspecified atom stereocenters. The minimum absolute atomic E-state index is 0.350. The van der Waals surface area contributed by atoms with E-state index in [4.69, 9.17) is 15.2 Å². The molecule has 92 valence electrons. The molecule has 1 aromatic rings. The summed E-state index contributed by atoms with van der Waals surface area (Å²) >= 11 is 0. The van der Waals surface area contributed by atoms with Crippen LogP contribution >= 0.6 is 0 Å². The summed E-state index contributed by atoms with van der Waals surface area (Å²) in [6, 6.07) is 4.06. The molecule has 3 nitrogen and oxygen atoms in total. The van der Waals surface area contributed by atoms with Crippen LogP contribution in [0.3, 0.4) is 0 Å². The Morgan fingerprint density at radius 3 is 2.94 bits per heavy atom. The van der Waals surface area contributed by atoms with Crippen LogP contribution in [0, 0.1) is 5.82 Å². The Morgan fingerprint density at radius 2 is 2.29 bits per heavy atom. The lowest BCUT2D eigenvalue weighted by Gasteiger charge is -2.22. The van der Waals surface area contributed by atoms with E-state index in [0.717, 1.165) is 12.8 Å². The molecule has 0 spiro atoms. The first-order valence-corrected chi connectivity index (χ1v) is 5.65. The Labute approximate surface area is 100 Å². The highest BCUT2D eigenvalue weighted by molar-refractivity contribution is 5.40. The van der Waals surface area contributed by atoms with Crippen molar-refractivity contribution in [3.05, 3.63) is 41.4 Å². The zero-order valence-electron chi connectivity index (χ0n) is 9.78. The molecule has 1 aromatic carbocycles. The van der Waals surface area contributed by atoms with E-state index in [2.05, 4.69) is 0 Å². The Hall–Kier alpha value is -1.55. The summed E-state index contributed by atoms with van der Waals surface area (Å²) < 4.78 is 24.4. The lowest BCUT2D eigenvalue weighted by Crippen LogP contribution is -2.19. The van der Waals surface area contributed by atoms with E-state index in [0.29, 0.717) is 23.7 Å². The van der Waals surface area contributed by atoms with Crippen molar-refractivity contribution in [1.82, 2.24) is 0 Å². The van der Waals surface area contributed by atoms with Crippen molar-refractivity contribution in [3.63, 3.8) is 0 Å². The van der Waals surface area contributed by atoms with Crippen LogP contribution < -0.4 is 10.5 Å². The van der Waals surface area contributed by atoms with Gasteiger partial charge in [-0.15, -0.1) is 0 Å². The molecule has 1 heterocycles. The second kappa shape index (κ2) is 5.19. The lowest BCUT2D eigenvalue weighted by molar-refractivity contribution is 0.174. The second-order valence-corrected chi connectivity index (χ2v) is 3.93. The number of nitrogens with two attached hydrogens (primary N) is 1. The lowest BCUT2D eigenvalue weighted by atomic mass is 10.0. The number of benzene rings is 1. The van der Waals surface area contributed by atoms with Gasteiger partial charge >= 0.3 is 0 Å². The molecule has 0 bridgehead atoms. The fourth-order valence-corrected chi connectivity index (χ4v) is 1.93. The van der Waals surface area contributed by atoms with E-state index >= 15 is 0 Å². The van der Waals surface area contributed by atoms with Gasteiger partial charge in [0.2, 0.25) is 0 Å². The maximum atomic E-state index is 13.8. The third kappa shape index (κ3) is 2.42. The number of rotatable bonds is 3. The van der Waals surface area contributed by atoms with Crippen molar-refractivity contribution in [2.24, 2.45) is 5.73 Å². The maximum Gasteiger partial charge on any atom is 0.132 e. The molecule has 0 aliphatic carbocycles. The first-order chi connectivity index (χ1) is 8.24. The standard InChI is InChI=1S/C13H16FNO2/c1-16-10-7-4-5-9(14)12(10)13(15)11-6-2-3-8-17-11/h4-7,13H,2-3,8,15H2,1H3. The van der Waals surface area contributed by atoms with Crippen molar-refractivity contribution >= 4 is 0 Å². The predicted octanol–water partition coefficient (Wildman–Crippen LogP) is 2.53. The molecule has 0 amide bonds. The summed E-state index contributed by atoms with van der Waals surface area (Å²) in [5.41, 5.74) is 6.38. The summed E-state index contributed by atoms with van der Waals surface area (Å²) in [4.78, 5) is 0. The van der Waals surface area contributed by atoms with Gasteiger partial charge in [0.15, 0.2) is 0 Å². The highest BCUT2D eigenvalue weighted by Crippen LogP contribution is 2.32. The highest BCUT2D eigenvalue weighted by atomic mass is 19.1. The number of halogens is 1. The summed E-state index contributed by atoms with van der Waals surface area (Å²) in [7, 11) is 1.50. The third-order valence-corrected chi connectivity index (χ3v) is 2.81. The molecule has 17 heavy (non-hydrogen) atoms. The monoisotopic (exact) mass is 237 g/mol. The molecule has 0 radical (unpaired) electrons. The van der Waals surface area contributed by atoms with Gasteiger partial charge in [-0.2, -0.15) is 0 Å². The Bertz CT molecular complexity index is 431. The van der Waals surface area contributed by atoms with E-state index in [9.17, 15) is 4.39 Å². The molecule has 4 heteroatoms. The first-order valence-electron chi connectivity index (χ1n) is 5.65. The van der Waals surface area contributed by atoms with Gasteiger partial charge in [-0.1, -0.05) is 6.07 Å². The molecule has 0 saturated heterocycles. The summed E-state index contributed by atoms with van der Waals surface area (Å²) in [6.45, 7) is 0.635. The molecule has 0 saturated carbocycles. The van der Waals surface area contributed by atoms with E-state index in [-0.39, 0.29) is 5.82 Å². The number of ether oxygens (including phenoxy) is 2. The zero-order chi connectivity index (χ0) is 12.3. The van der Waals surface area contributed by atoms with Crippen molar-refractivity contribution < 1.29 is 13.9 Å². The van der Waals surface area contributed by atoms with Crippen LogP contribution in [0.4, 0.5) is 4.39 Å². The molecular formula is C13H16FNO2. The second-order valence-electron chi connectivity index (χ2n) is 3.93. The van der Waals surface area contributed by atoms with Crippen LogP contribution in [0.25, 0.3) is 0 Å². The minimum atomic E-state index is -0.605. The largest absolute Gasteiger partial charge is 0.496 e. The van der Waals surface area contributed by atoms with Gasteiger partial charge < -0.3 is 15.2 Å². The topological polar surface area (TPSA) is 44.5 Å². The van der Waals surface area contributed by atoms with Crippen LogP contribution in [0.1, 0.15) is 24.4 Å².